The Bertz CT molecular complexity index is 738. The molecule has 0 saturated carbocycles. The molecule has 2 rings (SSSR count). The molecular weight excluding hydrogens is 351 g/mol. The fraction of sp³-hybridized carbons (Fsp3) is 0.235. The molecule has 1 aromatic carbocycles. The first-order valence-electron chi connectivity index (χ1n) is 7.25. The van der Waals surface area contributed by atoms with E-state index in [4.69, 9.17) is 27.9 Å². The van der Waals surface area contributed by atoms with Crippen LogP contribution in [0.4, 0.5) is 0 Å². The molecule has 0 aliphatic rings. The minimum atomic E-state index is -0.945. The van der Waals surface area contributed by atoms with E-state index in [0.717, 1.165) is 5.56 Å². The van der Waals surface area contributed by atoms with E-state index in [-0.39, 0.29) is 6.04 Å². The number of pyridine rings is 1. The van der Waals surface area contributed by atoms with E-state index in [9.17, 15) is 9.59 Å². The van der Waals surface area contributed by atoms with Crippen LogP contribution in [0.15, 0.2) is 42.7 Å². The third kappa shape index (κ3) is 4.69. The second-order valence-electron chi connectivity index (χ2n) is 5.18. The van der Waals surface area contributed by atoms with Gasteiger partial charge < -0.3 is 10.1 Å². The highest BCUT2D eigenvalue weighted by Gasteiger charge is 2.21. The second-order valence-corrected chi connectivity index (χ2v) is 6.02. The van der Waals surface area contributed by atoms with Gasteiger partial charge in [-0.05, 0) is 43.7 Å². The molecule has 0 saturated heterocycles. The van der Waals surface area contributed by atoms with Crippen LogP contribution in [0.3, 0.4) is 0 Å². The number of esters is 1. The smallest absolute Gasteiger partial charge is 0.339 e. The van der Waals surface area contributed by atoms with Gasteiger partial charge >= 0.3 is 5.97 Å². The number of halogens is 2. The van der Waals surface area contributed by atoms with Crippen LogP contribution in [0, 0.1) is 0 Å². The minimum Gasteiger partial charge on any atom is -0.449 e. The van der Waals surface area contributed by atoms with Crippen LogP contribution in [-0.4, -0.2) is 23.0 Å². The van der Waals surface area contributed by atoms with Gasteiger partial charge in [0.25, 0.3) is 5.91 Å². The van der Waals surface area contributed by atoms with E-state index < -0.39 is 18.0 Å². The van der Waals surface area contributed by atoms with E-state index in [1.54, 1.807) is 25.1 Å². The van der Waals surface area contributed by atoms with Crippen LogP contribution in [0.1, 0.15) is 35.8 Å². The lowest BCUT2D eigenvalue weighted by Crippen LogP contribution is -2.37. The molecule has 1 aromatic heterocycles. The van der Waals surface area contributed by atoms with Crippen molar-refractivity contribution < 1.29 is 14.3 Å². The fourth-order valence-corrected chi connectivity index (χ4v) is 2.60. The van der Waals surface area contributed by atoms with Gasteiger partial charge in [-0.25, -0.2) is 4.79 Å². The highest BCUT2D eigenvalue weighted by atomic mass is 35.5. The van der Waals surface area contributed by atoms with E-state index in [2.05, 4.69) is 10.3 Å². The van der Waals surface area contributed by atoms with Crippen LogP contribution >= 0.6 is 23.2 Å². The summed E-state index contributed by atoms with van der Waals surface area (Å²) in [7, 11) is 0. The fourth-order valence-electron chi connectivity index (χ4n) is 2.03. The van der Waals surface area contributed by atoms with Crippen LogP contribution in [0.2, 0.25) is 10.0 Å². The molecule has 24 heavy (non-hydrogen) atoms. The van der Waals surface area contributed by atoms with Gasteiger partial charge in [0.2, 0.25) is 0 Å². The Balaban J connectivity index is 1.97. The van der Waals surface area contributed by atoms with Crippen LogP contribution in [0.5, 0.6) is 0 Å². The maximum absolute atomic E-state index is 12.2. The molecule has 0 unspecified atom stereocenters. The highest BCUT2D eigenvalue weighted by molar-refractivity contribution is 6.35. The van der Waals surface area contributed by atoms with E-state index >= 15 is 0 Å². The van der Waals surface area contributed by atoms with Crippen molar-refractivity contribution in [2.75, 3.05) is 0 Å². The lowest BCUT2D eigenvalue weighted by molar-refractivity contribution is -0.129. The minimum absolute atomic E-state index is 0.332. The Morgan fingerprint density at radius 2 is 1.79 bits per heavy atom. The van der Waals surface area contributed by atoms with Crippen molar-refractivity contribution in [2.24, 2.45) is 0 Å². The monoisotopic (exact) mass is 366 g/mol. The van der Waals surface area contributed by atoms with Crippen LogP contribution in [0.25, 0.3) is 0 Å². The van der Waals surface area contributed by atoms with Crippen molar-refractivity contribution in [3.8, 4) is 0 Å². The number of hydrogen-bond acceptors (Lipinski definition) is 4. The van der Waals surface area contributed by atoms with E-state index in [1.165, 1.54) is 31.5 Å². The second kappa shape index (κ2) is 8.13. The Morgan fingerprint density at radius 1 is 1.12 bits per heavy atom. The van der Waals surface area contributed by atoms with Gasteiger partial charge in [-0.3, -0.25) is 9.78 Å². The van der Waals surface area contributed by atoms with Gasteiger partial charge in [-0.15, -0.1) is 0 Å². The first-order valence-corrected chi connectivity index (χ1v) is 8.00. The number of amides is 1. The Hall–Kier alpha value is -2.11. The summed E-state index contributed by atoms with van der Waals surface area (Å²) in [5.41, 5.74) is 1.06. The lowest BCUT2D eigenvalue weighted by atomic mass is 10.1. The maximum atomic E-state index is 12.2. The highest BCUT2D eigenvalue weighted by Crippen LogP contribution is 2.26. The molecule has 1 N–H and O–H groups in total. The van der Waals surface area contributed by atoms with Crippen molar-refractivity contribution in [2.45, 2.75) is 26.0 Å². The molecule has 0 aliphatic carbocycles. The first kappa shape index (κ1) is 18.2. The average Bonchev–Trinajstić information content (AvgIpc) is 2.55. The van der Waals surface area contributed by atoms with Gasteiger partial charge in [0, 0.05) is 22.4 Å². The summed E-state index contributed by atoms with van der Waals surface area (Å²) < 4.78 is 5.15. The molecule has 0 fully saturated rings. The predicted molar refractivity (Wildman–Crippen MR) is 92.1 cm³/mol. The number of nitrogens with one attached hydrogen (secondary N) is 1. The zero-order valence-electron chi connectivity index (χ0n) is 13.1. The van der Waals surface area contributed by atoms with Crippen molar-refractivity contribution >= 4 is 35.1 Å². The van der Waals surface area contributed by atoms with Crippen LogP contribution < -0.4 is 5.32 Å². The standard InChI is InChI=1S/C17H16Cl2N2O3/c1-10(14-4-3-13(18)9-15(14)19)21-16(22)11(2)24-17(23)12-5-7-20-8-6-12/h3-11H,1-2H3,(H,21,22)/t10-,11-/m0/s1. The molecule has 0 bridgehead atoms. The summed E-state index contributed by atoms with van der Waals surface area (Å²) in [6.45, 7) is 3.29. The summed E-state index contributed by atoms with van der Waals surface area (Å²) in [4.78, 5) is 28.0. The van der Waals surface area contributed by atoms with Crippen molar-refractivity contribution in [1.82, 2.24) is 10.3 Å². The molecule has 1 heterocycles. The molecular formula is C17H16Cl2N2O3. The molecule has 0 aliphatic heterocycles. The summed E-state index contributed by atoms with van der Waals surface area (Å²) >= 11 is 12.0. The Morgan fingerprint density at radius 3 is 2.42 bits per heavy atom. The van der Waals surface area contributed by atoms with Gasteiger partial charge in [-0.1, -0.05) is 29.3 Å². The summed E-state index contributed by atoms with van der Waals surface area (Å²) in [6.07, 6.45) is 2.01. The first-order chi connectivity index (χ1) is 11.4. The number of ether oxygens (including phenoxy) is 1. The largest absolute Gasteiger partial charge is 0.449 e. The molecule has 0 radical (unpaired) electrons. The number of nitrogens with zero attached hydrogens (tertiary/aromatic N) is 1. The number of benzene rings is 1. The van der Waals surface area contributed by atoms with E-state index in [1.807, 2.05) is 0 Å². The zero-order valence-corrected chi connectivity index (χ0v) is 14.6. The van der Waals surface area contributed by atoms with Gasteiger partial charge in [0.05, 0.1) is 11.6 Å². The number of rotatable bonds is 5. The predicted octanol–water partition coefficient (Wildman–Crippen LogP) is 3.81. The normalized spacial score (nSPS) is 13.0. The van der Waals surface area contributed by atoms with Crippen molar-refractivity contribution in [3.05, 3.63) is 63.9 Å². The molecule has 2 atom stereocenters. The lowest BCUT2D eigenvalue weighted by Gasteiger charge is -2.19. The SMILES string of the molecule is C[C@H](OC(=O)c1ccncc1)C(=O)N[C@@H](C)c1ccc(Cl)cc1Cl. The zero-order chi connectivity index (χ0) is 17.7. The van der Waals surface area contributed by atoms with Crippen molar-refractivity contribution in [1.29, 1.82) is 0 Å². The van der Waals surface area contributed by atoms with Crippen molar-refractivity contribution in [3.63, 3.8) is 0 Å². The molecule has 1 amide bonds. The number of carbonyl (C=O) groups is 2. The van der Waals surface area contributed by atoms with Gasteiger partial charge in [-0.2, -0.15) is 0 Å². The van der Waals surface area contributed by atoms with Crippen LogP contribution in [-0.2, 0) is 9.53 Å². The van der Waals surface area contributed by atoms with E-state index in [0.29, 0.717) is 15.6 Å². The van der Waals surface area contributed by atoms with Gasteiger partial charge in [0.15, 0.2) is 6.10 Å². The van der Waals surface area contributed by atoms with Gasteiger partial charge in [0.1, 0.15) is 0 Å². The quantitative estimate of drug-likeness (QED) is 0.816. The topological polar surface area (TPSA) is 68.3 Å². The third-order valence-electron chi connectivity index (χ3n) is 3.36. The number of hydrogen-bond donors (Lipinski definition) is 1. The third-order valence-corrected chi connectivity index (χ3v) is 3.92. The molecule has 7 heteroatoms. The summed E-state index contributed by atoms with van der Waals surface area (Å²) in [5.74, 6) is -1.01. The molecule has 126 valence electrons. The number of aromatic nitrogens is 1. The summed E-state index contributed by atoms with van der Waals surface area (Å²) in [6, 6.07) is 7.71. The molecule has 2 aromatic rings. The average molecular weight is 367 g/mol. The Kier molecular flexibility index (Phi) is 6.17. The maximum Gasteiger partial charge on any atom is 0.339 e. The summed E-state index contributed by atoms with van der Waals surface area (Å²) in [5, 5.41) is 3.73. The number of carbonyl (C=O) groups excluding carboxylic acids is 2. The molecule has 0 spiro atoms. The molecule has 5 nitrogen and oxygen atoms in total. The Labute approximate surface area is 149 Å².